The highest BCUT2D eigenvalue weighted by atomic mass is 32.2. The quantitative estimate of drug-likeness (QED) is 0.782. The number of hydrogen-bond donors (Lipinski definition) is 2. The van der Waals surface area contributed by atoms with Crippen LogP contribution in [0.1, 0.15) is 5.56 Å². The summed E-state index contributed by atoms with van der Waals surface area (Å²) in [5.41, 5.74) is 0.863. The molecule has 0 saturated carbocycles. The summed E-state index contributed by atoms with van der Waals surface area (Å²) in [7, 11) is -3.70. The molecule has 24 heavy (non-hydrogen) atoms. The minimum atomic E-state index is -3.70. The van der Waals surface area contributed by atoms with Gasteiger partial charge in [-0.3, -0.25) is 4.79 Å². The van der Waals surface area contributed by atoms with E-state index in [1.54, 1.807) is 12.1 Å². The average Bonchev–Trinajstić information content (AvgIpc) is 2.54. The lowest BCUT2D eigenvalue weighted by Gasteiger charge is -2.08. The Labute approximate surface area is 139 Å². The van der Waals surface area contributed by atoms with Gasteiger partial charge in [0.2, 0.25) is 10.0 Å². The maximum Gasteiger partial charge on any atom is 0.257 e. The number of nitrogens with two attached hydrogens (primary N) is 1. The molecule has 0 atom stereocenters. The van der Waals surface area contributed by atoms with Crippen molar-refractivity contribution in [3.63, 3.8) is 0 Å². The van der Waals surface area contributed by atoms with Crippen LogP contribution in [0.25, 0.3) is 0 Å². The zero-order valence-corrected chi connectivity index (χ0v) is 13.6. The Morgan fingerprint density at radius 1 is 1.08 bits per heavy atom. The molecule has 0 aliphatic rings. The molecule has 2 aromatic rings. The Morgan fingerprint density at radius 2 is 1.71 bits per heavy atom. The van der Waals surface area contributed by atoms with Crippen LogP contribution in [0.2, 0.25) is 0 Å². The van der Waals surface area contributed by atoms with Gasteiger partial charge in [0.25, 0.3) is 5.91 Å². The number of halogens is 1. The van der Waals surface area contributed by atoms with Crippen molar-refractivity contribution in [2.24, 2.45) is 5.14 Å². The van der Waals surface area contributed by atoms with E-state index in [2.05, 4.69) is 5.32 Å². The van der Waals surface area contributed by atoms with Gasteiger partial charge in [0, 0.05) is 6.54 Å². The van der Waals surface area contributed by atoms with Crippen molar-refractivity contribution < 1.29 is 22.3 Å². The molecule has 0 radical (unpaired) electrons. The zero-order valence-electron chi connectivity index (χ0n) is 12.7. The largest absolute Gasteiger partial charge is 0.484 e. The fourth-order valence-electron chi connectivity index (χ4n) is 1.92. The predicted molar refractivity (Wildman–Crippen MR) is 86.4 cm³/mol. The van der Waals surface area contributed by atoms with Crippen LogP contribution in [0.3, 0.4) is 0 Å². The smallest absolute Gasteiger partial charge is 0.257 e. The van der Waals surface area contributed by atoms with E-state index in [9.17, 15) is 17.6 Å². The molecule has 0 aliphatic carbocycles. The van der Waals surface area contributed by atoms with Crippen LogP contribution in [-0.4, -0.2) is 27.5 Å². The van der Waals surface area contributed by atoms with Crippen molar-refractivity contribution in [3.8, 4) is 5.75 Å². The normalized spacial score (nSPS) is 11.1. The summed E-state index contributed by atoms with van der Waals surface area (Å²) in [6, 6.07) is 11.5. The van der Waals surface area contributed by atoms with E-state index in [1.807, 2.05) is 0 Å². The maximum absolute atomic E-state index is 12.7. The molecule has 0 aromatic heterocycles. The van der Waals surface area contributed by atoms with Crippen LogP contribution in [0.15, 0.2) is 53.4 Å². The van der Waals surface area contributed by atoms with E-state index < -0.39 is 10.0 Å². The van der Waals surface area contributed by atoms with Crippen molar-refractivity contribution in [1.29, 1.82) is 0 Å². The number of carbonyl (C=O) groups excluding carboxylic acids is 1. The van der Waals surface area contributed by atoms with Crippen molar-refractivity contribution in [1.82, 2.24) is 5.32 Å². The molecule has 128 valence electrons. The van der Waals surface area contributed by atoms with E-state index in [4.69, 9.17) is 9.88 Å². The Morgan fingerprint density at radius 3 is 2.29 bits per heavy atom. The fraction of sp³-hybridized carbons (Fsp3) is 0.188. The lowest BCUT2D eigenvalue weighted by atomic mass is 10.1. The van der Waals surface area contributed by atoms with Crippen LogP contribution >= 0.6 is 0 Å². The second-order valence-electron chi connectivity index (χ2n) is 5.03. The number of hydrogen-bond acceptors (Lipinski definition) is 4. The van der Waals surface area contributed by atoms with Crippen molar-refractivity contribution in [2.75, 3.05) is 13.2 Å². The van der Waals surface area contributed by atoms with Gasteiger partial charge in [0.05, 0.1) is 4.90 Å². The first-order chi connectivity index (χ1) is 11.3. The molecule has 3 N–H and O–H groups in total. The van der Waals surface area contributed by atoms with Crippen LogP contribution in [0.5, 0.6) is 5.75 Å². The molecule has 0 aliphatic heterocycles. The van der Waals surface area contributed by atoms with Gasteiger partial charge in [-0.05, 0) is 48.4 Å². The molecule has 0 fully saturated rings. The number of ether oxygens (including phenoxy) is 1. The Bertz CT molecular complexity index is 790. The number of benzene rings is 2. The summed E-state index contributed by atoms with van der Waals surface area (Å²) in [6.45, 7) is 0.205. The van der Waals surface area contributed by atoms with Crippen LogP contribution in [0, 0.1) is 5.82 Å². The fourth-order valence-corrected chi connectivity index (χ4v) is 2.44. The first-order valence-electron chi connectivity index (χ1n) is 7.11. The van der Waals surface area contributed by atoms with E-state index >= 15 is 0 Å². The first kappa shape index (κ1) is 17.9. The number of rotatable bonds is 7. The molecule has 1 amide bonds. The van der Waals surface area contributed by atoms with Crippen LogP contribution in [0.4, 0.5) is 4.39 Å². The molecule has 0 saturated heterocycles. The van der Waals surface area contributed by atoms with E-state index in [0.29, 0.717) is 18.7 Å². The monoisotopic (exact) mass is 352 g/mol. The highest BCUT2D eigenvalue weighted by Crippen LogP contribution is 2.11. The highest BCUT2D eigenvalue weighted by Gasteiger charge is 2.07. The third-order valence-corrected chi connectivity index (χ3v) is 4.10. The van der Waals surface area contributed by atoms with Gasteiger partial charge in [0.1, 0.15) is 11.6 Å². The number of nitrogens with one attached hydrogen (secondary N) is 1. The Balaban J connectivity index is 1.73. The zero-order chi connectivity index (χ0) is 17.6. The van der Waals surface area contributed by atoms with E-state index in [1.165, 1.54) is 36.4 Å². The second kappa shape index (κ2) is 7.89. The third kappa shape index (κ3) is 5.64. The molecule has 8 heteroatoms. The van der Waals surface area contributed by atoms with Gasteiger partial charge in [-0.2, -0.15) is 0 Å². The predicted octanol–water partition coefficient (Wildman–Crippen LogP) is 1.21. The Hall–Kier alpha value is -2.45. The van der Waals surface area contributed by atoms with Gasteiger partial charge in [-0.25, -0.2) is 17.9 Å². The summed E-state index contributed by atoms with van der Waals surface area (Å²) >= 11 is 0. The molecule has 2 rings (SSSR count). The minimum absolute atomic E-state index is 0.0444. The summed E-state index contributed by atoms with van der Waals surface area (Å²) in [5.74, 6) is -0.272. The first-order valence-corrected chi connectivity index (χ1v) is 8.66. The number of primary sulfonamides is 1. The van der Waals surface area contributed by atoms with Crippen molar-refractivity contribution in [3.05, 3.63) is 59.9 Å². The van der Waals surface area contributed by atoms with E-state index in [-0.39, 0.29) is 23.2 Å². The second-order valence-corrected chi connectivity index (χ2v) is 6.59. The molecule has 2 aromatic carbocycles. The lowest BCUT2D eigenvalue weighted by Crippen LogP contribution is -2.30. The molecular formula is C16H17FN2O4S. The Kier molecular flexibility index (Phi) is 5.88. The third-order valence-electron chi connectivity index (χ3n) is 3.17. The highest BCUT2D eigenvalue weighted by molar-refractivity contribution is 7.89. The molecule has 6 nitrogen and oxygen atoms in total. The van der Waals surface area contributed by atoms with Crippen molar-refractivity contribution >= 4 is 15.9 Å². The van der Waals surface area contributed by atoms with Gasteiger partial charge < -0.3 is 10.1 Å². The molecule has 0 unspecified atom stereocenters. The summed E-state index contributed by atoms with van der Waals surface area (Å²) < 4.78 is 40.2. The van der Waals surface area contributed by atoms with Gasteiger partial charge in [-0.1, -0.05) is 12.1 Å². The molecule has 0 heterocycles. The van der Waals surface area contributed by atoms with Crippen LogP contribution in [-0.2, 0) is 21.2 Å². The van der Waals surface area contributed by atoms with Gasteiger partial charge in [-0.15, -0.1) is 0 Å². The van der Waals surface area contributed by atoms with Crippen LogP contribution < -0.4 is 15.2 Å². The van der Waals surface area contributed by atoms with Gasteiger partial charge in [0.15, 0.2) is 6.61 Å². The topological polar surface area (TPSA) is 98.5 Å². The molecule has 0 spiro atoms. The molecular weight excluding hydrogens is 335 g/mol. The lowest BCUT2D eigenvalue weighted by molar-refractivity contribution is -0.123. The maximum atomic E-state index is 12.7. The summed E-state index contributed by atoms with van der Waals surface area (Å²) in [5, 5.41) is 7.69. The van der Waals surface area contributed by atoms with Gasteiger partial charge >= 0.3 is 0 Å². The van der Waals surface area contributed by atoms with E-state index in [0.717, 1.165) is 5.56 Å². The number of sulfonamides is 1. The van der Waals surface area contributed by atoms with Crippen molar-refractivity contribution in [2.45, 2.75) is 11.3 Å². The average molecular weight is 352 g/mol. The SMILES string of the molecule is NS(=O)(=O)c1ccc(CCNC(=O)COc2ccc(F)cc2)cc1. The summed E-state index contributed by atoms with van der Waals surface area (Å²) in [6.07, 6.45) is 0.535. The standard InChI is InChI=1S/C16H17FN2O4S/c17-13-3-5-14(6-4-13)23-11-16(20)19-10-9-12-1-7-15(8-2-12)24(18,21)22/h1-8H,9-11H2,(H,19,20)(H2,18,21,22). The number of amides is 1. The molecule has 0 bridgehead atoms. The number of carbonyl (C=O) groups is 1. The summed E-state index contributed by atoms with van der Waals surface area (Å²) in [4.78, 5) is 11.7. The minimum Gasteiger partial charge on any atom is -0.484 e.